The largest absolute Gasteiger partial charge is 0.370 e. The zero-order chi connectivity index (χ0) is 16.5. The second-order valence-electron chi connectivity index (χ2n) is 7.92. The number of nitrogens with zero attached hydrogens (tertiary/aromatic N) is 3. The van der Waals surface area contributed by atoms with Gasteiger partial charge in [-0.3, -0.25) is 9.88 Å². The maximum absolute atomic E-state index is 9.89. The van der Waals surface area contributed by atoms with E-state index in [1.807, 2.05) is 18.2 Å². The molecule has 3 fully saturated rings. The molecule has 1 aromatic heterocycles. The van der Waals surface area contributed by atoms with Gasteiger partial charge in [-0.15, -0.1) is 0 Å². The van der Waals surface area contributed by atoms with E-state index in [1.165, 1.54) is 38.5 Å². The van der Waals surface area contributed by atoms with Gasteiger partial charge in [-0.25, -0.2) is 0 Å². The quantitative estimate of drug-likeness (QED) is 0.854. The first-order valence-electron chi connectivity index (χ1n) is 9.47. The monoisotopic (exact) mass is 325 g/mol. The van der Waals surface area contributed by atoms with E-state index in [1.54, 1.807) is 6.20 Å². The molecule has 4 rings (SSSR count). The summed E-state index contributed by atoms with van der Waals surface area (Å²) in [5.41, 5.74) is 0.675. The maximum atomic E-state index is 9.89. The standard InChI is InChI=1S/C20H27N3O/c21-15-19(18-6-1-4-12-22-18)8-5-13-23(16-19)14-17-7-11-20(24-17)9-2-3-10-20/h1,4,6,12,17H,2-3,5,7-11,13-14,16H2. The van der Waals surface area contributed by atoms with Crippen LogP contribution in [0, 0.1) is 11.3 Å². The third-order valence-corrected chi connectivity index (χ3v) is 6.26. The molecule has 0 bridgehead atoms. The van der Waals surface area contributed by atoms with Crippen LogP contribution < -0.4 is 0 Å². The van der Waals surface area contributed by atoms with Gasteiger partial charge in [-0.2, -0.15) is 5.26 Å². The first-order valence-corrected chi connectivity index (χ1v) is 9.47. The lowest BCUT2D eigenvalue weighted by Crippen LogP contribution is -2.48. The summed E-state index contributed by atoms with van der Waals surface area (Å²) in [7, 11) is 0. The van der Waals surface area contributed by atoms with Crippen LogP contribution in [0.5, 0.6) is 0 Å². The van der Waals surface area contributed by atoms with E-state index in [9.17, 15) is 5.26 Å². The molecule has 1 saturated carbocycles. The molecule has 1 spiro atoms. The molecule has 4 heteroatoms. The zero-order valence-electron chi connectivity index (χ0n) is 14.4. The summed E-state index contributed by atoms with van der Waals surface area (Å²) < 4.78 is 6.48. The van der Waals surface area contributed by atoms with Gasteiger partial charge in [0, 0.05) is 19.3 Å². The van der Waals surface area contributed by atoms with Crippen LogP contribution in [0.25, 0.3) is 0 Å². The van der Waals surface area contributed by atoms with Crippen molar-refractivity contribution in [3.8, 4) is 6.07 Å². The molecular formula is C20H27N3O. The Kier molecular flexibility index (Phi) is 4.32. The molecule has 3 aliphatic rings. The predicted molar refractivity (Wildman–Crippen MR) is 92.5 cm³/mol. The molecule has 4 nitrogen and oxygen atoms in total. The fourth-order valence-electron chi connectivity index (χ4n) is 5.00. The Hall–Kier alpha value is -1.44. The van der Waals surface area contributed by atoms with Crippen molar-refractivity contribution in [2.75, 3.05) is 19.6 Å². The second-order valence-corrected chi connectivity index (χ2v) is 7.92. The highest BCUT2D eigenvalue weighted by molar-refractivity contribution is 5.28. The Balaban J connectivity index is 1.43. The zero-order valence-corrected chi connectivity index (χ0v) is 14.4. The SMILES string of the molecule is N#CC1(c2ccccn2)CCCN(CC2CCC3(CCCC3)O2)C1. The number of hydrogen-bond donors (Lipinski definition) is 0. The van der Waals surface area contributed by atoms with E-state index in [-0.39, 0.29) is 5.60 Å². The molecule has 128 valence electrons. The summed E-state index contributed by atoms with van der Waals surface area (Å²) in [5, 5.41) is 9.89. The fourth-order valence-corrected chi connectivity index (χ4v) is 5.00. The smallest absolute Gasteiger partial charge is 0.112 e. The topological polar surface area (TPSA) is 49.2 Å². The van der Waals surface area contributed by atoms with E-state index < -0.39 is 5.41 Å². The first-order chi connectivity index (χ1) is 11.7. The van der Waals surface area contributed by atoms with Crippen molar-refractivity contribution in [2.45, 2.75) is 68.5 Å². The predicted octanol–water partition coefficient (Wildman–Crippen LogP) is 3.43. The first kappa shape index (κ1) is 16.1. The number of rotatable bonds is 3. The third-order valence-electron chi connectivity index (χ3n) is 6.26. The Morgan fingerprint density at radius 1 is 1.21 bits per heavy atom. The number of likely N-dealkylation sites (tertiary alicyclic amines) is 1. The lowest BCUT2D eigenvalue weighted by molar-refractivity contribution is -0.0505. The molecule has 0 amide bonds. The summed E-state index contributed by atoms with van der Waals surface area (Å²) in [4.78, 5) is 6.93. The van der Waals surface area contributed by atoms with E-state index in [0.29, 0.717) is 6.10 Å². The molecular weight excluding hydrogens is 298 g/mol. The van der Waals surface area contributed by atoms with Crippen molar-refractivity contribution in [1.29, 1.82) is 5.26 Å². The fraction of sp³-hybridized carbons (Fsp3) is 0.700. The molecule has 0 aromatic carbocycles. The van der Waals surface area contributed by atoms with Gasteiger partial charge >= 0.3 is 0 Å². The second kappa shape index (κ2) is 6.46. The highest BCUT2D eigenvalue weighted by Gasteiger charge is 2.44. The molecule has 2 atom stereocenters. The summed E-state index contributed by atoms with van der Waals surface area (Å²) in [5.74, 6) is 0. The Bertz CT molecular complexity index is 605. The van der Waals surface area contributed by atoms with Crippen LogP contribution in [-0.4, -0.2) is 41.2 Å². The van der Waals surface area contributed by atoms with Crippen molar-refractivity contribution >= 4 is 0 Å². The number of nitriles is 1. The molecule has 0 radical (unpaired) electrons. The van der Waals surface area contributed by atoms with Crippen LogP contribution in [0.3, 0.4) is 0 Å². The molecule has 2 unspecified atom stereocenters. The third kappa shape index (κ3) is 2.96. The highest BCUT2D eigenvalue weighted by Crippen LogP contribution is 2.43. The number of ether oxygens (including phenoxy) is 1. The van der Waals surface area contributed by atoms with Crippen LogP contribution in [0.15, 0.2) is 24.4 Å². The van der Waals surface area contributed by atoms with E-state index in [0.717, 1.165) is 38.2 Å². The molecule has 1 aliphatic carbocycles. The summed E-state index contributed by atoms with van der Waals surface area (Å²) >= 11 is 0. The summed E-state index contributed by atoms with van der Waals surface area (Å²) in [6, 6.07) is 8.51. The van der Waals surface area contributed by atoms with Gasteiger partial charge in [-0.05, 0) is 57.2 Å². The Morgan fingerprint density at radius 3 is 2.83 bits per heavy atom. The average Bonchev–Trinajstić information content (AvgIpc) is 3.26. The minimum absolute atomic E-state index is 0.202. The number of pyridine rings is 1. The van der Waals surface area contributed by atoms with Crippen molar-refractivity contribution in [2.24, 2.45) is 0 Å². The van der Waals surface area contributed by atoms with Gasteiger partial charge < -0.3 is 4.74 Å². The van der Waals surface area contributed by atoms with Gasteiger partial charge in [0.05, 0.1) is 23.5 Å². The Morgan fingerprint density at radius 2 is 2.08 bits per heavy atom. The molecule has 1 aromatic rings. The lowest BCUT2D eigenvalue weighted by Gasteiger charge is -2.39. The van der Waals surface area contributed by atoms with Crippen LogP contribution in [-0.2, 0) is 10.2 Å². The number of piperidine rings is 1. The van der Waals surface area contributed by atoms with E-state index >= 15 is 0 Å². The normalized spacial score (nSPS) is 32.9. The number of hydrogen-bond acceptors (Lipinski definition) is 4. The highest BCUT2D eigenvalue weighted by atomic mass is 16.5. The summed E-state index contributed by atoms with van der Waals surface area (Å²) in [6.45, 7) is 2.83. The maximum Gasteiger partial charge on any atom is 0.112 e. The van der Waals surface area contributed by atoms with Crippen LogP contribution in [0.2, 0.25) is 0 Å². The lowest BCUT2D eigenvalue weighted by atomic mass is 9.78. The van der Waals surface area contributed by atoms with Gasteiger partial charge in [0.1, 0.15) is 5.41 Å². The van der Waals surface area contributed by atoms with Crippen molar-refractivity contribution in [3.05, 3.63) is 30.1 Å². The van der Waals surface area contributed by atoms with Crippen molar-refractivity contribution in [3.63, 3.8) is 0 Å². The molecule has 2 aliphatic heterocycles. The van der Waals surface area contributed by atoms with Gasteiger partial charge in [0.25, 0.3) is 0 Å². The average molecular weight is 325 g/mol. The van der Waals surface area contributed by atoms with Crippen LogP contribution in [0.1, 0.15) is 57.1 Å². The number of aromatic nitrogens is 1. The van der Waals surface area contributed by atoms with Crippen molar-refractivity contribution < 1.29 is 4.74 Å². The summed E-state index contributed by atoms with van der Waals surface area (Å²) in [6.07, 6.45) is 11.7. The van der Waals surface area contributed by atoms with Gasteiger partial charge in [0.15, 0.2) is 0 Å². The van der Waals surface area contributed by atoms with Gasteiger partial charge in [0.2, 0.25) is 0 Å². The molecule has 0 N–H and O–H groups in total. The van der Waals surface area contributed by atoms with Gasteiger partial charge in [-0.1, -0.05) is 18.9 Å². The molecule has 24 heavy (non-hydrogen) atoms. The van der Waals surface area contributed by atoms with Crippen LogP contribution in [0.4, 0.5) is 0 Å². The van der Waals surface area contributed by atoms with Crippen molar-refractivity contribution in [1.82, 2.24) is 9.88 Å². The van der Waals surface area contributed by atoms with Crippen LogP contribution >= 0.6 is 0 Å². The van der Waals surface area contributed by atoms with E-state index in [4.69, 9.17) is 4.74 Å². The van der Waals surface area contributed by atoms with E-state index in [2.05, 4.69) is 16.0 Å². The minimum Gasteiger partial charge on any atom is -0.370 e. The molecule has 2 saturated heterocycles. The minimum atomic E-state index is -0.455. The molecule has 3 heterocycles. The Labute approximate surface area is 144 Å².